The smallest absolute Gasteiger partial charge is 0.248 e. The van der Waals surface area contributed by atoms with Gasteiger partial charge >= 0.3 is 0 Å². The lowest BCUT2D eigenvalue weighted by Crippen LogP contribution is -2.22. The molecule has 1 saturated carbocycles. The van der Waals surface area contributed by atoms with Gasteiger partial charge < -0.3 is 11.1 Å². The number of primary amides is 1. The van der Waals surface area contributed by atoms with Crippen molar-refractivity contribution in [1.82, 2.24) is 14.8 Å². The first kappa shape index (κ1) is 19.2. The van der Waals surface area contributed by atoms with E-state index in [0.29, 0.717) is 22.3 Å². The van der Waals surface area contributed by atoms with Crippen LogP contribution >= 0.6 is 11.8 Å². The Bertz CT molecular complexity index is 1030. The van der Waals surface area contributed by atoms with E-state index < -0.39 is 5.91 Å². The van der Waals surface area contributed by atoms with Crippen molar-refractivity contribution in [3.05, 3.63) is 66.0 Å². The fraction of sp³-hybridized carbons (Fsp3) is 0.238. The topological polar surface area (TPSA) is 103 Å². The zero-order chi connectivity index (χ0) is 20.4. The molecule has 0 saturated heterocycles. The highest BCUT2D eigenvalue weighted by molar-refractivity contribution is 8.00. The van der Waals surface area contributed by atoms with Gasteiger partial charge in [0.15, 0.2) is 0 Å². The number of hydrogen-bond acceptors (Lipinski definition) is 5. The third-order valence-electron chi connectivity index (χ3n) is 4.64. The molecule has 2 aromatic carbocycles. The van der Waals surface area contributed by atoms with Crippen molar-refractivity contribution in [3.8, 4) is 5.69 Å². The van der Waals surface area contributed by atoms with Crippen molar-refractivity contribution in [2.24, 2.45) is 5.73 Å². The minimum atomic E-state index is -0.502. The van der Waals surface area contributed by atoms with Crippen LogP contribution in [0, 0.1) is 0 Å². The lowest BCUT2D eigenvalue weighted by molar-refractivity contribution is -0.115. The van der Waals surface area contributed by atoms with E-state index in [1.165, 1.54) is 11.8 Å². The number of carbonyl (C=O) groups excluding carboxylic acids is 2. The summed E-state index contributed by atoms with van der Waals surface area (Å²) in [5.74, 6) is 0.725. The average Bonchev–Trinajstić information content (AvgIpc) is 3.49. The maximum atomic E-state index is 12.6. The SMILES string of the molecule is C[C@H](Sc1nc(C2CC2)n(-c2ccccc2)n1)C(=O)Nc1ccc(C(N)=O)cc1. The van der Waals surface area contributed by atoms with Gasteiger partial charge in [-0.25, -0.2) is 9.67 Å². The third-order valence-corrected chi connectivity index (χ3v) is 5.60. The lowest BCUT2D eigenvalue weighted by atomic mass is 10.2. The minimum absolute atomic E-state index is 0.161. The van der Waals surface area contributed by atoms with Gasteiger partial charge in [-0.3, -0.25) is 9.59 Å². The number of nitrogens with one attached hydrogen (secondary N) is 1. The Balaban J connectivity index is 1.46. The van der Waals surface area contributed by atoms with E-state index >= 15 is 0 Å². The fourth-order valence-electron chi connectivity index (χ4n) is 2.89. The van der Waals surface area contributed by atoms with E-state index in [2.05, 4.69) is 10.4 Å². The number of aromatic nitrogens is 3. The first-order valence-corrected chi connectivity index (χ1v) is 10.3. The zero-order valence-corrected chi connectivity index (χ0v) is 16.7. The van der Waals surface area contributed by atoms with Crippen molar-refractivity contribution < 1.29 is 9.59 Å². The highest BCUT2D eigenvalue weighted by Gasteiger charge is 2.31. The van der Waals surface area contributed by atoms with E-state index in [-0.39, 0.29) is 11.2 Å². The summed E-state index contributed by atoms with van der Waals surface area (Å²) in [5.41, 5.74) is 7.21. The monoisotopic (exact) mass is 407 g/mol. The van der Waals surface area contributed by atoms with Gasteiger partial charge in [-0.2, -0.15) is 0 Å². The Hall–Kier alpha value is -3.13. The molecule has 1 aliphatic rings. The number of nitrogens with zero attached hydrogens (tertiary/aromatic N) is 3. The Morgan fingerprint density at radius 2 is 1.83 bits per heavy atom. The molecule has 1 heterocycles. The molecule has 8 heteroatoms. The Labute approximate surface area is 172 Å². The van der Waals surface area contributed by atoms with Gasteiger partial charge in [0.05, 0.1) is 10.9 Å². The molecule has 148 valence electrons. The van der Waals surface area contributed by atoms with Crippen LogP contribution in [0.2, 0.25) is 0 Å². The first-order chi connectivity index (χ1) is 14.0. The second kappa shape index (κ2) is 8.08. The summed E-state index contributed by atoms with van der Waals surface area (Å²) in [7, 11) is 0. The molecule has 0 bridgehead atoms. The van der Waals surface area contributed by atoms with Crippen LogP contribution in [0.5, 0.6) is 0 Å². The summed E-state index contributed by atoms with van der Waals surface area (Å²) in [4.78, 5) is 28.4. The van der Waals surface area contributed by atoms with Crippen LogP contribution in [0.25, 0.3) is 5.69 Å². The van der Waals surface area contributed by atoms with Gasteiger partial charge in [0.25, 0.3) is 0 Å². The standard InChI is InChI=1S/C21H21N5O2S/c1-13(20(28)23-16-11-9-14(10-12-16)18(22)27)29-21-24-19(15-7-8-15)26(25-21)17-5-3-2-4-6-17/h2-6,9-13,15H,7-8H2,1H3,(H2,22,27)(H,23,28)/t13-/m0/s1. The van der Waals surface area contributed by atoms with E-state index in [4.69, 9.17) is 10.7 Å². The van der Waals surface area contributed by atoms with Gasteiger partial charge in [0.2, 0.25) is 17.0 Å². The summed E-state index contributed by atoms with van der Waals surface area (Å²) in [5, 5.41) is 7.68. The average molecular weight is 407 g/mol. The van der Waals surface area contributed by atoms with Crippen LogP contribution in [0.4, 0.5) is 5.69 Å². The predicted molar refractivity (Wildman–Crippen MR) is 112 cm³/mol. The number of rotatable bonds is 7. The molecule has 2 amide bonds. The molecule has 0 aliphatic heterocycles. The van der Waals surface area contributed by atoms with Crippen LogP contribution < -0.4 is 11.1 Å². The Morgan fingerprint density at radius 3 is 2.45 bits per heavy atom. The van der Waals surface area contributed by atoms with E-state index in [1.807, 2.05) is 41.9 Å². The number of thioether (sulfide) groups is 1. The molecule has 0 unspecified atom stereocenters. The largest absolute Gasteiger partial charge is 0.366 e. The van der Waals surface area contributed by atoms with Crippen LogP contribution in [0.3, 0.4) is 0 Å². The Morgan fingerprint density at radius 1 is 1.14 bits per heavy atom. The van der Waals surface area contributed by atoms with Crippen molar-refractivity contribution in [2.45, 2.75) is 36.1 Å². The van der Waals surface area contributed by atoms with Gasteiger partial charge in [-0.1, -0.05) is 30.0 Å². The number of nitrogens with two attached hydrogens (primary N) is 1. The summed E-state index contributed by atoms with van der Waals surface area (Å²) < 4.78 is 1.88. The Kier molecular flexibility index (Phi) is 5.35. The normalized spacial score (nSPS) is 14.4. The van der Waals surface area contributed by atoms with Crippen molar-refractivity contribution >= 4 is 29.3 Å². The molecular weight excluding hydrogens is 386 g/mol. The van der Waals surface area contributed by atoms with Crippen molar-refractivity contribution in [2.75, 3.05) is 5.32 Å². The molecule has 7 nitrogen and oxygen atoms in total. The molecule has 0 radical (unpaired) electrons. The molecule has 1 atom stereocenters. The van der Waals surface area contributed by atoms with Crippen LogP contribution in [-0.4, -0.2) is 31.8 Å². The number of hydrogen-bond donors (Lipinski definition) is 2. The second-order valence-corrected chi connectivity index (χ2v) is 8.27. The molecule has 3 aromatic rings. The highest BCUT2D eigenvalue weighted by Crippen LogP contribution is 2.40. The molecular formula is C21H21N5O2S. The van der Waals surface area contributed by atoms with Gasteiger partial charge in [-0.05, 0) is 56.2 Å². The summed E-state index contributed by atoms with van der Waals surface area (Å²) in [6, 6.07) is 16.4. The molecule has 29 heavy (non-hydrogen) atoms. The molecule has 3 N–H and O–H groups in total. The van der Waals surface area contributed by atoms with E-state index in [0.717, 1.165) is 24.4 Å². The maximum absolute atomic E-state index is 12.6. The number of anilines is 1. The predicted octanol–water partition coefficient (Wildman–Crippen LogP) is 3.36. The first-order valence-electron chi connectivity index (χ1n) is 9.41. The number of benzene rings is 2. The van der Waals surface area contributed by atoms with Crippen molar-refractivity contribution in [1.29, 1.82) is 0 Å². The zero-order valence-electron chi connectivity index (χ0n) is 15.9. The van der Waals surface area contributed by atoms with Gasteiger partial charge in [0, 0.05) is 17.2 Å². The fourth-order valence-corrected chi connectivity index (χ4v) is 3.65. The molecule has 0 spiro atoms. The highest BCUT2D eigenvalue weighted by atomic mass is 32.2. The maximum Gasteiger partial charge on any atom is 0.248 e. The van der Waals surface area contributed by atoms with Gasteiger partial charge in [-0.15, -0.1) is 5.10 Å². The number of carbonyl (C=O) groups is 2. The molecule has 1 aliphatic carbocycles. The van der Waals surface area contributed by atoms with Crippen LogP contribution in [-0.2, 0) is 4.79 Å². The molecule has 1 aromatic heterocycles. The molecule has 4 rings (SSSR count). The van der Waals surface area contributed by atoms with E-state index in [9.17, 15) is 9.59 Å². The van der Waals surface area contributed by atoms with Crippen molar-refractivity contribution in [3.63, 3.8) is 0 Å². The molecule has 1 fully saturated rings. The van der Waals surface area contributed by atoms with E-state index in [1.54, 1.807) is 24.3 Å². The van der Waals surface area contributed by atoms with Crippen LogP contribution in [0.15, 0.2) is 59.8 Å². The third kappa shape index (κ3) is 4.48. The number of amides is 2. The summed E-state index contributed by atoms with van der Waals surface area (Å²) in [6.45, 7) is 1.82. The van der Waals surface area contributed by atoms with Gasteiger partial charge in [0.1, 0.15) is 5.82 Å². The lowest BCUT2D eigenvalue weighted by Gasteiger charge is -2.10. The number of para-hydroxylation sites is 1. The second-order valence-electron chi connectivity index (χ2n) is 6.97. The summed E-state index contributed by atoms with van der Waals surface area (Å²) in [6.07, 6.45) is 2.24. The summed E-state index contributed by atoms with van der Waals surface area (Å²) >= 11 is 1.32. The minimum Gasteiger partial charge on any atom is -0.366 e. The quantitative estimate of drug-likeness (QED) is 0.585. The van der Waals surface area contributed by atoms with Crippen LogP contribution in [0.1, 0.15) is 41.9 Å².